The number of hydrogen-bond acceptors (Lipinski definition) is 2. The van der Waals surface area contributed by atoms with Crippen LogP contribution < -0.4 is 0 Å². The van der Waals surface area contributed by atoms with Gasteiger partial charge in [-0.25, -0.2) is 4.39 Å². The molecule has 3 aromatic rings. The highest BCUT2D eigenvalue weighted by molar-refractivity contribution is 6.18. The van der Waals surface area contributed by atoms with Crippen molar-refractivity contribution in [2.24, 2.45) is 5.41 Å². The molecule has 1 spiro atoms. The minimum absolute atomic E-state index is 0.0304. The van der Waals surface area contributed by atoms with Crippen molar-refractivity contribution in [1.82, 2.24) is 0 Å². The average molecular weight is 495 g/mol. The number of benzene rings is 3. The Morgan fingerprint density at radius 1 is 0.917 bits per heavy atom. The SMILES string of the molecule is CC(C)c1cc2c(c(-c3ccc(F)cc3)c1C(=O)c1ccc(C(F)(F)F)cc1)C(=O)CC1(CCC1)C2. The van der Waals surface area contributed by atoms with Gasteiger partial charge in [0, 0.05) is 28.7 Å². The van der Waals surface area contributed by atoms with E-state index in [0.717, 1.165) is 48.9 Å². The summed E-state index contributed by atoms with van der Waals surface area (Å²) < 4.78 is 53.1. The zero-order valence-corrected chi connectivity index (χ0v) is 20.1. The van der Waals surface area contributed by atoms with Crippen LogP contribution >= 0.6 is 0 Å². The van der Waals surface area contributed by atoms with Gasteiger partial charge < -0.3 is 0 Å². The van der Waals surface area contributed by atoms with E-state index >= 15 is 0 Å². The van der Waals surface area contributed by atoms with Crippen LogP contribution in [0.25, 0.3) is 11.1 Å². The van der Waals surface area contributed by atoms with Crippen molar-refractivity contribution in [3.63, 3.8) is 0 Å². The third-order valence-electron chi connectivity index (χ3n) is 7.69. The molecular weight excluding hydrogens is 468 g/mol. The summed E-state index contributed by atoms with van der Waals surface area (Å²) in [6.45, 7) is 3.90. The predicted molar refractivity (Wildman–Crippen MR) is 130 cm³/mol. The van der Waals surface area contributed by atoms with Gasteiger partial charge in [-0.3, -0.25) is 9.59 Å². The maximum Gasteiger partial charge on any atom is 0.416 e. The Hall–Kier alpha value is -3.28. The molecule has 2 aliphatic carbocycles. The lowest BCUT2D eigenvalue weighted by molar-refractivity contribution is -0.137. The highest BCUT2D eigenvalue weighted by atomic mass is 19.4. The molecule has 0 amide bonds. The third kappa shape index (κ3) is 4.16. The maximum absolute atomic E-state index is 13.9. The highest BCUT2D eigenvalue weighted by Gasteiger charge is 2.45. The Balaban J connectivity index is 1.75. The minimum Gasteiger partial charge on any atom is -0.294 e. The molecular formula is C30H26F4O2. The van der Waals surface area contributed by atoms with Gasteiger partial charge in [0.25, 0.3) is 0 Å². The molecule has 0 N–H and O–H groups in total. The standard InChI is InChI=1S/C30H26F4O2/c1-17(2)23-14-20-15-29(12-3-13-29)16-24(35)25(20)26(18-6-10-22(31)11-7-18)27(23)28(36)19-4-8-21(9-5-19)30(32,33)34/h4-11,14,17H,3,12-13,15-16H2,1-2H3. The molecule has 5 rings (SSSR count). The zero-order valence-electron chi connectivity index (χ0n) is 20.1. The number of ketones is 2. The van der Waals surface area contributed by atoms with Crippen molar-refractivity contribution in [2.45, 2.75) is 58.0 Å². The van der Waals surface area contributed by atoms with Crippen molar-refractivity contribution < 1.29 is 27.2 Å². The molecule has 3 aromatic carbocycles. The first-order chi connectivity index (χ1) is 17.0. The van der Waals surface area contributed by atoms with Gasteiger partial charge >= 0.3 is 6.18 Å². The van der Waals surface area contributed by atoms with Gasteiger partial charge in [0.1, 0.15) is 5.82 Å². The molecule has 186 valence electrons. The fourth-order valence-corrected chi connectivity index (χ4v) is 5.71. The van der Waals surface area contributed by atoms with Gasteiger partial charge in [-0.2, -0.15) is 13.2 Å². The summed E-state index contributed by atoms with van der Waals surface area (Å²) in [4.78, 5) is 27.5. The van der Waals surface area contributed by atoms with Gasteiger partial charge in [0.05, 0.1) is 5.56 Å². The monoisotopic (exact) mass is 494 g/mol. The number of rotatable bonds is 4. The van der Waals surface area contributed by atoms with Crippen LogP contribution in [0.15, 0.2) is 54.6 Å². The van der Waals surface area contributed by atoms with Gasteiger partial charge in [-0.05, 0) is 71.6 Å². The van der Waals surface area contributed by atoms with Crippen LogP contribution in [0.2, 0.25) is 0 Å². The lowest BCUT2D eigenvalue weighted by Crippen LogP contribution is -2.38. The molecule has 2 nitrogen and oxygen atoms in total. The number of hydrogen-bond donors (Lipinski definition) is 0. The van der Waals surface area contributed by atoms with Crippen molar-refractivity contribution in [1.29, 1.82) is 0 Å². The average Bonchev–Trinajstić information content (AvgIpc) is 2.81. The Morgan fingerprint density at radius 3 is 2.08 bits per heavy atom. The second-order valence-corrected chi connectivity index (χ2v) is 10.4. The van der Waals surface area contributed by atoms with E-state index in [0.29, 0.717) is 28.7 Å². The molecule has 0 aliphatic heterocycles. The molecule has 0 atom stereocenters. The van der Waals surface area contributed by atoms with Crippen LogP contribution in [-0.4, -0.2) is 11.6 Å². The summed E-state index contributed by atoms with van der Waals surface area (Å²) in [6, 6.07) is 11.8. The number of carbonyl (C=O) groups is 2. The van der Waals surface area contributed by atoms with Crippen molar-refractivity contribution in [2.75, 3.05) is 0 Å². The van der Waals surface area contributed by atoms with E-state index in [1.165, 1.54) is 24.3 Å². The molecule has 0 aromatic heterocycles. The molecule has 1 fully saturated rings. The Morgan fingerprint density at radius 2 is 1.56 bits per heavy atom. The van der Waals surface area contributed by atoms with Crippen LogP contribution in [0.5, 0.6) is 0 Å². The van der Waals surface area contributed by atoms with Crippen LogP contribution in [-0.2, 0) is 12.6 Å². The largest absolute Gasteiger partial charge is 0.416 e. The van der Waals surface area contributed by atoms with Gasteiger partial charge in [-0.15, -0.1) is 0 Å². The van der Waals surface area contributed by atoms with Gasteiger partial charge in [0.15, 0.2) is 11.6 Å². The molecule has 0 unspecified atom stereocenters. The first-order valence-corrected chi connectivity index (χ1v) is 12.2. The molecule has 0 saturated heterocycles. The second-order valence-electron chi connectivity index (χ2n) is 10.4. The Kier molecular flexibility index (Phi) is 5.89. The molecule has 0 bridgehead atoms. The second kappa shape index (κ2) is 8.68. The molecule has 0 heterocycles. The summed E-state index contributed by atoms with van der Waals surface area (Å²) in [6.07, 6.45) is -0.283. The lowest BCUT2D eigenvalue weighted by atomic mass is 9.58. The topological polar surface area (TPSA) is 34.1 Å². The van der Waals surface area contributed by atoms with E-state index in [2.05, 4.69) is 0 Å². The number of alkyl halides is 3. The van der Waals surface area contributed by atoms with E-state index < -0.39 is 23.3 Å². The van der Waals surface area contributed by atoms with Crippen LogP contribution in [0.3, 0.4) is 0 Å². The van der Waals surface area contributed by atoms with E-state index in [1.54, 1.807) is 12.1 Å². The van der Waals surface area contributed by atoms with Crippen molar-refractivity contribution in [3.05, 3.63) is 93.8 Å². The zero-order chi connectivity index (χ0) is 25.8. The van der Waals surface area contributed by atoms with E-state index in [-0.39, 0.29) is 22.7 Å². The molecule has 6 heteroatoms. The fraction of sp³-hybridized carbons (Fsp3) is 0.333. The quantitative estimate of drug-likeness (QED) is 0.271. The molecule has 36 heavy (non-hydrogen) atoms. The predicted octanol–water partition coefficient (Wildman–Crippen LogP) is 8.17. The summed E-state index contributed by atoms with van der Waals surface area (Å²) in [5.41, 5.74) is 2.66. The Bertz CT molecular complexity index is 1350. The van der Waals surface area contributed by atoms with Crippen LogP contribution in [0.4, 0.5) is 17.6 Å². The lowest BCUT2D eigenvalue weighted by Gasteiger charge is -2.45. The summed E-state index contributed by atoms with van der Waals surface area (Å²) in [5.74, 6) is -1.02. The number of fused-ring (bicyclic) bond motifs is 1. The summed E-state index contributed by atoms with van der Waals surface area (Å²) in [5, 5.41) is 0. The third-order valence-corrected chi connectivity index (χ3v) is 7.69. The van der Waals surface area contributed by atoms with E-state index in [1.807, 2.05) is 19.9 Å². The molecule has 1 saturated carbocycles. The number of halogens is 4. The van der Waals surface area contributed by atoms with Crippen LogP contribution in [0.1, 0.15) is 88.4 Å². The summed E-state index contributed by atoms with van der Waals surface area (Å²) in [7, 11) is 0. The fourth-order valence-electron chi connectivity index (χ4n) is 5.71. The maximum atomic E-state index is 13.9. The van der Waals surface area contributed by atoms with Crippen molar-refractivity contribution >= 4 is 11.6 Å². The number of carbonyl (C=O) groups excluding carboxylic acids is 2. The Labute approximate surface area is 207 Å². The van der Waals surface area contributed by atoms with E-state index in [4.69, 9.17) is 0 Å². The smallest absolute Gasteiger partial charge is 0.294 e. The first-order valence-electron chi connectivity index (χ1n) is 12.2. The normalized spacial score (nSPS) is 16.7. The van der Waals surface area contributed by atoms with Gasteiger partial charge in [0.2, 0.25) is 0 Å². The minimum atomic E-state index is -4.51. The van der Waals surface area contributed by atoms with E-state index in [9.17, 15) is 27.2 Å². The van der Waals surface area contributed by atoms with Crippen LogP contribution in [0, 0.1) is 11.2 Å². The number of Topliss-reactive ketones (excluding diaryl/α,β-unsaturated/α-hetero) is 1. The van der Waals surface area contributed by atoms with Crippen molar-refractivity contribution in [3.8, 4) is 11.1 Å². The first kappa shape index (κ1) is 24.4. The molecule has 2 aliphatic rings. The highest BCUT2D eigenvalue weighted by Crippen LogP contribution is 2.52. The summed E-state index contributed by atoms with van der Waals surface area (Å²) >= 11 is 0. The van der Waals surface area contributed by atoms with Gasteiger partial charge in [-0.1, -0.05) is 50.6 Å². The molecule has 0 radical (unpaired) electrons.